The smallest absolute Gasteiger partial charge is 0.173 e. The Morgan fingerprint density at radius 3 is 2.00 bits per heavy atom. The SMILES string of the molecule is Nc1ncnc2c1ncn2Cc1ccc(CCCCc2ccc(C[n+]3ccc(N4CCCC4)cc3)cc2)cc1. The van der Waals surface area contributed by atoms with E-state index in [9.17, 15) is 0 Å². The minimum Gasteiger partial charge on any atom is -0.382 e. The van der Waals surface area contributed by atoms with E-state index in [4.69, 9.17) is 5.73 Å². The molecule has 2 aromatic carbocycles. The number of imidazole rings is 1. The van der Waals surface area contributed by atoms with Crippen molar-refractivity contribution in [2.75, 3.05) is 23.7 Å². The highest BCUT2D eigenvalue weighted by molar-refractivity contribution is 5.81. The fourth-order valence-electron chi connectivity index (χ4n) is 5.44. The molecule has 1 saturated heterocycles. The highest BCUT2D eigenvalue weighted by Crippen LogP contribution is 2.19. The lowest BCUT2D eigenvalue weighted by Gasteiger charge is -2.16. The summed E-state index contributed by atoms with van der Waals surface area (Å²) < 4.78 is 4.28. The molecule has 7 nitrogen and oxygen atoms in total. The highest BCUT2D eigenvalue weighted by Gasteiger charge is 2.13. The van der Waals surface area contributed by atoms with Gasteiger partial charge in [-0.15, -0.1) is 0 Å². The molecule has 1 aliphatic heterocycles. The number of pyridine rings is 1. The van der Waals surface area contributed by atoms with E-state index in [0.717, 1.165) is 25.0 Å². The lowest BCUT2D eigenvalue weighted by Crippen LogP contribution is -2.33. The van der Waals surface area contributed by atoms with E-state index in [-0.39, 0.29) is 0 Å². The van der Waals surface area contributed by atoms with Crippen LogP contribution in [0.15, 0.2) is 85.7 Å². The largest absolute Gasteiger partial charge is 0.382 e. The predicted molar refractivity (Wildman–Crippen MR) is 156 cm³/mol. The molecule has 1 aliphatic rings. The van der Waals surface area contributed by atoms with E-state index >= 15 is 0 Å². The predicted octanol–water partition coefficient (Wildman–Crippen LogP) is 4.96. The van der Waals surface area contributed by atoms with Gasteiger partial charge in [-0.3, -0.25) is 0 Å². The van der Waals surface area contributed by atoms with Crippen LogP contribution in [0.25, 0.3) is 11.2 Å². The molecule has 0 amide bonds. The van der Waals surface area contributed by atoms with E-state index in [1.165, 1.54) is 73.0 Å². The number of rotatable bonds is 10. The van der Waals surface area contributed by atoms with Gasteiger partial charge in [0.15, 0.2) is 30.4 Å². The van der Waals surface area contributed by atoms with Crippen molar-refractivity contribution < 1.29 is 4.57 Å². The molecule has 0 saturated carbocycles. The Bertz CT molecular complexity index is 1500. The van der Waals surface area contributed by atoms with Gasteiger partial charge in [0.05, 0.1) is 12.9 Å². The molecule has 0 spiro atoms. The number of unbranched alkanes of at least 4 members (excludes halogenated alkanes) is 1. The second-order valence-electron chi connectivity index (χ2n) is 10.6. The lowest BCUT2D eigenvalue weighted by molar-refractivity contribution is -0.688. The van der Waals surface area contributed by atoms with Gasteiger partial charge in [-0.25, -0.2) is 19.5 Å². The van der Waals surface area contributed by atoms with Gasteiger partial charge in [0.25, 0.3) is 0 Å². The van der Waals surface area contributed by atoms with Crippen LogP contribution in [0.5, 0.6) is 0 Å². The number of fused-ring (bicyclic) bond motifs is 1. The Hall–Kier alpha value is -4.26. The van der Waals surface area contributed by atoms with Crippen molar-refractivity contribution in [3.8, 4) is 0 Å². The van der Waals surface area contributed by atoms with Crippen LogP contribution in [0.4, 0.5) is 11.5 Å². The number of anilines is 2. The normalized spacial score (nSPS) is 13.4. The Balaban J connectivity index is 0.943. The van der Waals surface area contributed by atoms with Gasteiger partial charge in [0.2, 0.25) is 0 Å². The molecule has 0 radical (unpaired) electrons. The van der Waals surface area contributed by atoms with Crippen LogP contribution in [0.1, 0.15) is 47.9 Å². The number of benzene rings is 2. The summed E-state index contributed by atoms with van der Waals surface area (Å²) in [5, 5.41) is 0. The number of aryl methyl sites for hydroxylation is 2. The molecule has 2 N–H and O–H groups in total. The molecule has 39 heavy (non-hydrogen) atoms. The third-order valence-electron chi connectivity index (χ3n) is 7.72. The maximum absolute atomic E-state index is 5.90. The quantitative estimate of drug-likeness (QED) is 0.209. The van der Waals surface area contributed by atoms with Crippen LogP contribution in [-0.4, -0.2) is 32.6 Å². The van der Waals surface area contributed by atoms with Crippen molar-refractivity contribution in [2.24, 2.45) is 0 Å². The summed E-state index contributed by atoms with van der Waals surface area (Å²) >= 11 is 0. The maximum atomic E-state index is 5.90. The lowest BCUT2D eigenvalue weighted by atomic mass is 10.0. The van der Waals surface area contributed by atoms with Gasteiger partial charge in [-0.2, -0.15) is 0 Å². The van der Waals surface area contributed by atoms with Crippen molar-refractivity contribution in [3.63, 3.8) is 0 Å². The Labute approximate surface area is 230 Å². The summed E-state index contributed by atoms with van der Waals surface area (Å²) in [6, 6.07) is 22.5. The van der Waals surface area contributed by atoms with Crippen molar-refractivity contribution in [2.45, 2.75) is 51.6 Å². The maximum Gasteiger partial charge on any atom is 0.173 e. The van der Waals surface area contributed by atoms with Crippen LogP contribution < -0.4 is 15.2 Å². The standard InChI is InChI=1S/C32H36N7/c33-31-30-32(35-23-34-31)39(24-36-30)22-28-13-9-26(10-14-28)6-2-1-5-25-7-11-27(12-8-25)21-37-19-15-29(16-20-37)38-17-3-4-18-38/h7-16,19-20,23-24H,1-6,17-18,21-22H2,(H2,33,34,35)/q+1. The first-order valence-electron chi connectivity index (χ1n) is 14.0. The number of hydrogen-bond acceptors (Lipinski definition) is 5. The molecule has 0 bridgehead atoms. The first kappa shape index (κ1) is 25.0. The summed E-state index contributed by atoms with van der Waals surface area (Å²) in [5.74, 6) is 0.419. The molecule has 5 aromatic rings. The molecule has 6 rings (SSSR count). The Morgan fingerprint density at radius 1 is 0.718 bits per heavy atom. The Kier molecular flexibility index (Phi) is 7.47. The third kappa shape index (κ3) is 6.08. The average Bonchev–Trinajstić information content (AvgIpc) is 3.65. The zero-order valence-electron chi connectivity index (χ0n) is 22.4. The molecule has 0 aliphatic carbocycles. The average molecular weight is 519 g/mol. The van der Waals surface area contributed by atoms with E-state index in [1.807, 2.05) is 4.57 Å². The number of hydrogen-bond donors (Lipinski definition) is 1. The summed E-state index contributed by atoms with van der Waals surface area (Å²) in [7, 11) is 0. The van der Waals surface area contributed by atoms with Crippen molar-refractivity contribution >= 4 is 22.7 Å². The summed E-state index contributed by atoms with van der Waals surface area (Å²) in [4.78, 5) is 15.2. The van der Waals surface area contributed by atoms with Crippen LogP contribution >= 0.6 is 0 Å². The summed E-state index contributed by atoms with van der Waals surface area (Å²) in [5.41, 5.74) is 14.0. The zero-order chi connectivity index (χ0) is 26.4. The summed E-state index contributed by atoms with van der Waals surface area (Å²) in [6.07, 6.45) is 14.9. The Morgan fingerprint density at radius 2 is 1.33 bits per heavy atom. The van der Waals surface area contributed by atoms with Gasteiger partial charge in [0.1, 0.15) is 11.8 Å². The zero-order valence-corrected chi connectivity index (χ0v) is 22.4. The summed E-state index contributed by atoms with van der Waals surface area (Å²) in [6.45, 7) is 4.01. The molecule has 4 heterocycles. The van der Waals surface area contributed by atoms with E-state index in [1.54, 1.807) is 6.33 Å². The van der Waals surface area contributed by atoms with E-state index in [0.29, 0.717) is 17.9 Å². The second-order valence-corrected chi connectivity index (χ2v) is 10.6. The van der Waals surface area contributed by atoms with Crippen molar-refractivity contribution in [1.29, 1.82) is 0 Å². The van der Waals surface area contributed by atoms with Gasteiger partial charge in [0, 0.05) is 36.5 Å². The molecule has 0 unspecified atom stereocenters. The molecule has 1 fully saturated rings. The molecular weight excluding hydrogens is 482 g/mol. The number of nitrogen functional groups attached to an aromatic ring is 1. The van der Waals surface area contributed by atoms with Gasteiger partial charge in [-0.05, 0) is 55.2 Å². The van der Waals surface area contributed by atoms with Gasteiger partial charge in [-0.1, -0.05) is 48.5 Å². The molecule has 0 atom stereocenters. The van der Waals surface area contributed by atoms with E-state index < -0.39 is 0 Å². The molecule has 7 heteroatoms. The highest BCUT2D eigenvalue weighted by atomic mass is 15.1. The minimum atomic E-state index is 0.419. The van der Waals surface area contributed by atoms with Gasteiger partial charge >= 0.3 is 0 Å². The van der Waals surface area contributed by atoms with Crippen LogP contribution in [0.3, 0.4) is 0 Å². The monoisotopic (exact) mass is 518 g/mol. The van der Waals surface area contributed by atoms with Gasteiger partial charge < -0.3 is 15.2 Å². The van der Waals surface area contributed by atoms with Crippen LogP contribution in [0.2, 0.25) is 0 Å². The fourth-order valence-corrected chi connectivity index (χ4v) is 5.44. The number of nitrogens with two attached hydrogens (primary N) is 1. The number of aromatic nitrogens is 5. The first-order chi connectivity index (χ1) is 19.2. The molecule has 198 valence electrons. The second kappa shape index (κ2) is 11.6. The molecular formula is C32H36N7+. The van der Waals surface area contributed by atoms with E-state index in [2.05, 4.69) is 97.5 Å². The number of nitrogens with zero attached hydrogens (tertiary/aromatic N) is 6. The topological polar surface area (TPSA) is 76.7 Å². The third-order valence-corrected chi connectivity index (χ3v) is 7.72. The molecule has 3 aromatic heterocycles. The van der Waals surface area contributed by atoms with Crippen molar-refractivity contribution in [1.82, 2.24) is 19.5 Å². The van der Waals surface area contributed by atoms with Crippen LogP contribution in [-0.2, 0) is 25.9 Å². The van der Waals surface area contributed by atoms with Crippen LogP contribution in [0, 0.1) is 0 Å². The fraction of sp³-hybridized carbons (Fsp3) is 0.312. The minimum absolute atomic E-state index is 0.419. The first-order valence-corrected chi connectivity index (χ1v) is 14.0. The van der Waals surface area contributed by atoms with Crippen molar-refractivity contribution in [3.05, 3.63) is 108 Å².